The molecule has 112 valence electrons. The number of nitrogens with one attached hydrogen (secondary N) is 1. The van der Waals surface area contributed by atoms with Crippen LogP contribution in [0.25, 0.3) is 20.2 Å². The lowest BCUT2D eigenvalue weighted by Gasteiger charge is -2.07. The van der Waals surface area contributed by atoms with Crippen LogP contribution in [0.3, 0.4) is 0 Å². The van der Waals surface area contributed by atoms with Gasteiger partial charge >= 0.3 is 5.97 Å². The highest BCUT2D eigenvalue weighted by molar-refractivity contribution is 7.24. The summed E-state index contributed by atoms with van der Waals surface area (Å²) >= 11 is 1.44. The normalized spacial score (nSPS) is 11.0. The van der Waals surface area contributed by atoms with E-state index in [1.807, 2.05) is 18.2 Å². The number of fused-ring (bicyclic) bond motifs is 2. The smallest absolute Gasteiger partial charge is 0.335 e. The van der Waals surface area contributed by atoms with E-state index >= 15 is 0 Å². The zero-order chi connectivity index (χ0) is 15.7. The molecule has 0 radical (unpaired) electrons. The van der Waals surface area contributed by atoms with Crippen molar-refractivity contribution in [3.63, 3.8) is 0 Å². The van der Waals surface area contributed by atoms with Crippen molar-refractivity contribution in [1.29, 1.82) is 0 Å². The van der Waals surface area contributed by atoms with Crippen molar-refractivity contribution in [2.75, 3.05) is 11.9 Å². The number of aromatic carboxylic acids is 1. The molecule has 0 spiro atoms. The quantitative estimate of drug-likeness (QED) is 0.716. The standard InChI is InChI=1S/C17H15NO3S/c1-2-7-18-11-4-6-14-13(9-11)16(19)12-5-3-10(17(20)21)8-15(12)22-14/h3-6,8-9,18H,2,7H2,1H3,(H,20,21). The van der Waals surface area contributed by atoms with Crippen LogP contribution in [0.5, 0.6) is 0 Å². The number of hydrogen-bond acceptors (Lipinski definition) is 4. The van der Waals surface area contributed by atoms with Crippen LogP contribution in [0, 0.1) is 0 Å². The molecular weight excluding hydrogens is 298 g/mol. The van der Waals surface area contributed by atoms with Crippen LogP contribution in [0.4, 0.5) is 5.69 Å². The second-order valence-electron chi connectivity index (χ2n) is 5.08. The molecule has 0 aliphatic rings. The summed E-state index contributed by atoms with van der Waals surface area (Å²) in [5.74, 6) is -0.985. The molecule has 0 fully saturated rings. The van der Waals surface area contributed by atoms with Crippen molar-refractivity contribution in [3.05, 3.63) is 52.2 Å². The molecular formula is C17H15NO3S. The molecule has 2 N–H and O–H groups in total. The van der Waals surface area contributed by atoms with Crippen molar-refractivity contribution < 1.29 is 9.90 Å². The van der Waals surface area contributed by atoms with E-state index < -0.39 is 5.97 Å². The summed E-state index contributed by atoms with van der Waals surface area (Å²) in [5, 5.41) is 13.6. The molecule has 0 saturated heterocycles. The molecule has 0 amide bonds. The van der Waals surface area contributed by atoms with Crippen LogP contribution in [0.2, 0.25) is 0 Å². The van der Waals surface area contributed by atoms with Gasteiger partial charge in [0.2, 0.25) is 0 Å². The summed E-state index contributed by atoms with van der Waals surface area (Å²) in [6, 6.07) is 10.4. The average molecular weight is 313 g/mol. The minimum Gasteiger partial charge on any atom is -0.478 e. The first kappa shape index (κ1) is 14.5. The second kappa shape index (κ2) is 5.77. The van der Waals surface area contributed by atoms with E-state index in [9.17, 15) is 9.59 Å². The van der Waals surface area contributed by atoms with Crippen LogP contribution in [0.1, 0.15) is 23.7 Å². The number of benzene rings is 2. The minimum atomic E-state index is -0.985. The van der Waals surface area contributed by atoms with Gasteiger partial charge in [-0.15, -0.1) is 11.3 Å². The first-order valence-electron chi connectivity index (χ1n) is 7.08. The molecule has 3 aromatic rings. The Hall–Kier alpha value is -2.40. The molecule has 3 rings (SSSR count). The third-order valence-electron chi connectivity index (χ3n) is 3.50. The molecule has 0 atom stereocenters. The van der Waals surface area contributed by atoms with Crippen LogP contribution < -0.4 is 10.7 Å². The third kappa shape index (κ3) is 2.55. The number of hydrogen-bond donors (Lipinski definition) is 2. The Morgan fingerprint density at radius 1 is 1.14 bits per heavy atom. The first-order valence-corrected chi connectivity index (χ1v) is 7.89. The highest BCUT2D eigenvalue weighted by atomic mass is 32.1. The fourth-order valence-electron chi connectivity index (χ4n) is 2.37. The van der Waals surface area contributed by atoms with E-state index in [1.54, 1.807) is 12.1 Å². The average Bonchev–Trinajstić information content (AvgIpc) is 2.52. The minimum absolute atomic E-state index is 0.0548. The fraction of sp³-hybridized carbons (Fsp3) is 0.176. The van der Waals surface area contributed by atoms with Gasteiger partial charge in [-0.05, 0) is 42.8 Å². The summed E-state index contributed by atoms with van der Waals surface area (Å²) in [7, 11) is 0. The van der Waals surface area contributed by atoms with E-state index in [2.05, 4.69) is 12.2 Å². The summed E-state index contributed by atoms with van der Waals surface area (Å²) in [6.07, 6.45) is 1.01. The maximum absolute atomic E-state index is 12.6. The summed E-state index contributed by atoms with van der Waals surface area (Å²) in [6.45, 7) is 2.95. The van der Waals surface area contributed by atoms with Gasteiger partial charge in [0.1, 0.15) is 0 Å². The highest BCUT2D eigenvalue weighted by Crippen LogP contribution is 2.27. The lowest BCUT2D eigenvalue weighted by Crippen LogP contribution is -2.04. The Bertz CT molecular complexity index is 930. The fourth-order valence-corrected chi connectivity index (χ4v) is 3.46. The van der Waals surface area contributed by atoms with Crippen LogP contribution in [-0.2, 0) is 0 Å². The lowest BCUT2D eigenvalue weighted by molar-refractivity contribution is 0.0697. The predicted molar refractivity (Wildman–Crippen MR) is 91.3 cm³/mol. The largest absolute Gasteiger partial charge is 0.478 e. The predicted octanol–water partition coefficient (Wildman–Crippen LogP) is 3.93. The van der Waals surface area contributed by atoms with Gasteiger partial charge in [0.25, 0.3) is 0 Å². The Kier molecular flexibility index (Phi) is 3.81. The van der Waals surface area contributed by atoms with Gasteiger partial charge < -0.3 is 10.4 Å². The lowest BCUT2D eigenvalue weighted by atomic mass is 10.1. The van der Waals surface area contributed by atoms with E-state index in [4.69, 9.17) is 5.11 Å². The Morgan fingerprint density at radius 2 is 1.95 bits per heavy atom. The number of anilines is 1. The molecule has 0 bridgehead atoms. The monoisotopic (exact) mass is 313 g/mol. The van der Waals surface area contributed by atoms with E-state index in [1.165, 1.54) is 17.4 Å². The molecule has 4 nitrogen and oxygen atoms in total. The maximum atomic E-state index is 12.6. The Labute approximate surface area is 131 Å². The molecule has 0 saturated carbocycles. The van der Waals surface area contributed by atoms with Gasteiger partial charge in [0.15, 0.2) is 5.43 Å². The number of rotatable bonds is 4. The Balaban J connectivity index is 2.22. The highest BCUT2D eigenvalue weighted by Gasteiger charge is 2.10. The molecule has 0 aliphatic heterocycles. The van der Waals surface area contributed by atoms with Crippen LogP contribution in [-0.4, -0.2) is 17.6 Å². The van der Waals surface area contributed by atoms with Crippen molar-refractivity contribution in [3.8, 4) is 0 Å². The molecule has 5 heteroatoms. The van der Waals surface area contributed by atoms with E-state index in [0.29, 0.717) is 15.5 Å². The SMILES string of the molecule is CCCNc1ccc2sc3cc(C(=O)O)ccc3c(=O)c2c1. The molecule has 0 unspecified atom stereocenters. The van der Waals surface area contributed by atoms with Gasteiger partial charge in [0, 0.05) is 32.4 Å². The van der Waals surface area contributed by atoms with Gasteiger partial charge in [-0.1, -0.05) is 6.92 Å². The van der Waals surface area contributed by atoms with Crippen molar-refractivity contribution in [1.82, 2.24) is 0 Å². The molecule has 22 heavy (non-hydrogen) atoms. The van der Waals surface area contributed by atoms with Gasteiger partial charge in [-0.25, -0.2) is 4.79 Å². The Morgan fingerprint density at radius 3 is 2.68 bits per heavy atom. The van der Waals surface area contributed by atoms with Crippen molar-refractivity contribution in [2.45, 2.75) is 13.3 Å². The molecule has 1 heterocycles. The zero-order valence-corrected chi connectivity index (χ0v) is 12.9. The number of carboxylic acid groups (broad SMARTS) is 1. The molecule has 1 aromatic heterocycles. The van der Waals surface area contributed by atoms with Crippen LogP contribution in [0.15, 0.2) is 41.2 Å². The first-order chi connectivity index (χ1) is 10.6. The van der Waals surface area contributed by atoms with Crippen molar-refractivity contribution in [2.24, 2.45) is 0 Å². The summed E-state index contributed by atoms with van der Waals surface area (Å²) in [4.78, 5) is 23.7. The van der Waals surface area contributed by atoms with E-state index in [0.717, 1.165) is 23.4 Å². The summed E-state index contributed by atoms with van der Waals surface area (Å²) in [5.41, 5.74) is 1.07. The number of carboxylic acids is 1. The van der Waals surface area contributed by atoms with Crippen molar-refractivity contribution >= 4 is 43.2 Å². The van der Waals surface area contributed by atoms with Gasteiger partial charge in [0.05, 0.1) is 5.56 Å². The zero-order valence-electron chi connectivity index (χ0n) is 12.1. The van der Waals surface area contributed by atoms with Gasteiger partial charge in [-0.2, -0.15) is 0 Å². The third-order valence-corrected chi connectivity index (χ3v) is 4.63. The topological polar surface area (TPSA) is 66.4 Å². The number of carbonyl (C=O) groups is 1. The molecule has 0 aliphatic carbocycles. The second-order valence-corrected chi connectivity index (χ2v) is 6.17. The molecule has 2 aromatic carbocycles. The van der Waals surface area contributed by atoms with Crippen LogP contribution >= 0.6 is 11.3 Å². The van der Waals surface area contributed by atoms with Gasteiger partial charge in [-0.3, -0.25) is 4.79 Å². The summed E-state index contributed by atoms with van der Waals surface area (Å²) < 4.78 is 1.56. The maximum Gasteiger partial charge on any atom is 0.335 e. The van der Waals surface area contributed by atoms with E-state index in [-0.39, 0.29) is 11.0 Å².